The Bertz CT molecular complexity index is 1990. The van der Waals surface area contributed by atoms with Crippen molar-refractivity contribution in [3.8, 4) is 22.3 Å². The standard InChI is InChI=1S/C38H30N2O3S/c1-40-24-34(44-31-18-14-27(15-19-31)25-8-4-2-5-9-25)35-32(22-29(23-33(35)40)26-10-6-3-7-11-26)36(41)39-38(20-21-38)30-16-12-28(13-17-30)37(42)43/h2-19,22-24H,20-21H2,1H3,(H,39,41)(H,42,43). The van der Waals surface area contributed by atoms with Crippen LogP contribution in [0.25, 0.3) is 33.2 Å². The molecule has 2 N–H and O–H groups in total. The van der Waals surface area contributed by atoms with Crippen LogP contribution in [0.4, 0.5) is 0 Å². The first-order chi connectivity index (χ1) is 21.4. The lowest BCUT2D eigenvalue weighted by Crippen LogP contribution is -2.35. The van der Waals surface area contributed by atoms with E-state index in [0.717, 1.165) is 55.8 Å². The van der Waals surface area contributed by atoms with Crippen LogP contribution in [-0.4, -0.2) is 21.6 Å². The van der Waals surface area contributed by atoms with Crippen LogP contribution in [0.15, 0.2) is 137 Å². The number of nitrogens with zero attached hydrogens (tertiary/aromatic N) is 1. The molecular weight excluding hydrogens is 564 g/mol. The first kappa shape index (κ1) is 27.7. The van der Waals surface area contributed by atoms with Gasteiger partial charge in [-0.3, -0.25) is 4.79 Å². The van der Waals surface area contributed by atoms with E-state index < -0.39 is 11.5 Å². The van der Waals surface area contributed by atoms with Crippen LogP contribution in [0.1, 0.15) is 39.1 Å². The Morgan fingerprint density at radius 1 is 0.750 bits per heavy atom. The van der Waals surface area contributed by atoms with Crippen molar-refractivity contribution in [1.29, 1.82) is 0 Å². The first-order valence-corrected chi connectivity index (χ1v) is 15.4. The van der Waals surface area contributed by atoms with E-state index in [1.54, 1.807) is 23.9 Å². The number of nitrogens with one attached hydrogen (secondary N) is 1. The highest BCUT2D eigenvalue weighted by Crippen LogP contribution is 2.46. The van der Waals surface area contributed by atoms with E-state index in [1.165, 1.54) is 5.56 Å². The van der Waals surface area contributed by atoms with Gasteiger partial charge in [0.05, 0.1) is 22.2 Å². The molecule has 6 aromatic rings. The van der Waals surface area contributed by atoms with Gasteiger partial charge in [-0.15, -0.1) is 0 Å². The summed E-state index contributed by atoms with van der Waals surface area (Å²) >= 11 is 1.65. The molecule has 0 atom stereocenters. The summed E-state index contributed by atoms with van der Waals surface area (Å²) in [6.07, 6.45) is 3.71. The minimum absolute atomic E-state index is 0.139. The molecule has 216 valence electrons. The predicted molar refractivity (Wildman–Crippen MR) is 176 cm³/mol. The number of carboxylic acid groups (broad SMARTS) is 1. The Kier molecular flexibility index (Phi) is 7.07. The lowest BCUT2D eigenvalue weighted by atomic mass is 9.98. The van der Waals surface area contributed by atoms with Crippen LogP contribution < -0.4 is 5.32 Å². The summed E-state index contributed by atoms with van der Waals surface area (Å²) in [4.78, 5) is 27.7. The Morgan fingerprint density at radius 3 is 1.93 bits per heavy atom. The van der Waals surface area contributed by atoms with Crippen molar-refractivity contribution < 1.29 is 14.7 Å². The molecule has 1 aliphatic carbocycles. The largest absolute Gasteiger partial charge is 0.478 e. The monoisotopic (exact) mass is 594 g/mol. The highest BCUT2D eigenvalue weighted by atomic mass is 32.2. The molecular formula is C38H30N2O3S. The number of aromatic carboxylic acids is 1. The summed E-state index contributed by atoms with van der Waals surface area (Å²) in [7, 11) is 2.02. The molecule has 1 heterocycles. The summed E-state index contributed by atoms with van der Waals surface area (Å²) in [5, 5.41) is 13.6. The van der Waals surface area contributed by atoms with E-state index in [0.29, 0.717) is 5.56 Å². The van der Waals surface area contributed by atoms with Crippen molar-refractivity contribution in [3.05, 3.63) is 144 Å². The zero-order valence-electron chi connectivity index (χ0n) is 24.2. The van der Waals surface area contributed by atoms with Gasteiger partial charge >= 0.3 is 5.97 Å². The Labute approximate surface area is 260 Å². The number of aryl methyl sites for hydroxylation is 1. The molecule has 7 rings (SSSR count). The van der Waals surface area contributed by atoms with Crippen LogP contribution in [-0.2, 0) is 12.6 Å². The zero-order chi connectivity index (χ0) is 30.3. The van der Waals surface area contributed by atoms with Gasteiger partial charge in [-0.25, -0.2) is 4.79 Å². The van der Waals surface area contributed by atoms with Gasteiger partial charge in [-0.05, 0) is 77.1 Å². The summed E-state index contributed by atoms with van der Waals surface area (Å²) in [5.74, 6) is -1.10. The van der Waals surface area contributed by atoms with Crippen molar-refractivity contribution in [2.24, 2.45) is 7.05 Å². The number of aromatic nitrogens is 1. The third-order valence-electron chi connectivity index (χ3n) is 8.38. The maximum Gasteiger partial charge on any atom is 0.335 e. The Balaban J connectivity index is 1.27. The lowest BCUT2D eigenvalue weighted by Gasteiger charge is -2.19. The third-order valence-corrected chi connectivity index (χ3v) is 9.42. The number of carbonyl (C=O) groups is 2. The predicted octanol–water partition coefficient (Wildman–Crippen LogP) is 8.78. The van der Waals surface area contributed by atoms with Gasteiger partial charge in [0.1, 0.15) is 0 Å². The number of carbonyl (C=O) groups excluding carboxylic acids is 1. The van der Waals surface area contributed by atoms with Gasteiger partial charge < -0.3 is 15.0 Å². The molecule has 0 bridgehead atoms. The van der Waals surface area contributed by atoms with Crippen LogP contribution in [0, 0.1) is 0 Å². The Hall–Kier alpha value is -5.07. The molecule has 0 saturated heterocycles. The third kappa shape index (κ3) is 5.29. The maximum absolute atomic E-state index is 14.2. The van der Waals surface area contributed by atoms with E-state index in [-0.39, 0.29) is 11.5 Å². The second-order valence-electron chi connectivity index (χ2n) is 11.3. The molecule has 1 aliphatic rings. The van der Waals surface area contributed by atoms with E-state index in [1.807, 2.05) is 61.6 Å². The molecule has 1 aromatic heterocycles. The van der Waals surface area contributed by atoms with E-state index in [4.69, 9.17) is 0 Å². The van der Waals surface area contributed by atoms with Gasteiger partial charge in [0.25, 0.3) is 5.91 Å². The van der Waals surface area contributed by atoms with Crippen molar-refractivity contribution in [1.82, 2.24) is 9.88 Å². The van der Waals surface area contributed by atoms with E-state index in [2.05, 4.69) is 70.7 Å². The number of rotatable bonds is 8. The van der Waals surface area contributed by atoms with Crippen molar-refractivity contribution >= 4 is 34.5 Å². The zero-order valence-corrected chi connectivity index (χ0v) is 25.0. The Morgan fingerprint density at radius 2 is 1.34 bits per heavy atom. The highest BCUT2D eigenvalue weighted by molar-refractivity contribution is 7.99. The molecule has 0 unspecified atom stereocenters. The maximum atomic E-state index is 14.2. The first-order valence-electron chi connectivity index (χ1n) is 14.6. The minimum atomic E-state index is -0.964. The molecule has 6 heteroatoms. The van der Waals surface area contributed by atoms with Crippen LogP contribution >= 0.6 is 11.8 Å². The van der Waals surface area contributed by atoms with Crippen LogP contribution in [0.2, 0.25) is 0 Å². The van der Waals surface area contributed by atoms with E-state index in [9.17, 15) is 14.7 Å². The number of hydrogen-bond donors (Lipinski definition) is 2. The fourth-order valence-corrected chi connectivity index (χ4v) is 6.88. The molecule has 0 spiro atoms. The number of hydrogen-bond acceptors (Lipinski definition) is 3. The second-order valence-corrected chi connectivity index (χ2v) is 12.4. The normalized spacial score (nSPS) is 13.5. The second kappa shape index (κ2) is 11.2. The number of fused-ring (bicyclic) bond motifs is 1. The summed E-state index contributed by atoms with van der Waals surface area (Å²) in [5.41, 5.74) is 6.61. The molecule has 1 amide bonds. The summed E-state index contributed by atoms with van der Waals surface area (Å²) < 4.78 is 2.09. The number of amides is 1. The average molecular weight is 595 g/mol. The van der Waals surface area contributed by atoms with Crippen molar-refractivity contribution in [2.45, 2.75) is 28.2 Å². The van der Waals surface area contributed by atoms with Gasteiger partial charge in [0, 0.05) is 28.4 Å². The molecule has 0 aliphatic heterocycles. The fourth-order valence-electron chi connectivity index (χ4n) is 5.83. The molecule has 44 heavy (non-hydrogen) atoms. The molecule has 1 fully saturated rings. The highest BCUT2D eigenvalue weighted by Gasteiger charge is 2.46. The molecule has 1 saturated carbocycles. The van der Waals surface area contributed by atoms with Gasteiger partial charge in [-0.1, -0.05) is 96.7 Å². The SMILES string of the molecule is Cn1cc(Sc2ccc(-c3ccccc3)cc2)c2c(C(=O)NC3(c4ccc(C(=O)O)cc4)CC3)cc(-c3ccccc3)cc21. The van der Waals surface area contributed by atoms with Crippen LogP contribution in [0.5, 0.6) is 0 Å². The quantitative estimate of drug-likeness (QED) is 0.185. The van der Waals surface area contributed by atoms with Crippen molar-refractivity contribution in [3.63, 3.8) is 0 Å². The number of benzene rings is 5. The van der Waals surface area contributed by atoms with Crippen LogP contribution in [0.3, 0.4) is 0 Å². The molecule has 5 nitrogen and oxygen atoms in total. The summed E-state index contributed by atoms with van der Waals surface area (Å²) in [6, 6.07) is 40.0. The average Bonchev–Trinajstić information content (AvgIpc) is 3.78. The van der Waals surface area contributed by atoms with Crippen molar-refractivity contribution in [2.75, 3.05) is 0 Å². The van der Waals surface area contributed by atoms with Gasteiger partial charge in [0.2, 0.25) is 0 Å². The van der Waals surface area contributed by atoms with Gasteiger partial charge in [0.15, 0.2) is 0 Å². The topological polar surface area (TPSA) is 71.3 Å². The smallest absolute Gasteiger partial charge is 0.335 e. The fraction of sp³-hybridized carbons (Fsp3) is 0.105. The number of carboxylic acids is 1. The van der Waals surface area contributed by atoms with Gasteiger partial charge in [-0.2, -0.15) is 0 Å². The summed E-state index contributed by atoms with van der Waals surface area (Å²) in [6.45, 7) is 0. The van der Waals surface area contributed by atoms with E-state index >= 15 is 0 Å². The minimum Gasteiger partial charge on any atom is -0.478 e. The molecule has 0 radical (unpaired) electrons. The molecule has 5 aromatic carbocycles. The lowest BCUT2D eigenvalue weighted by molar-refractivity contribution is 0.0696.